The fourth-order valence-corrected chi connectivity index (χ4v) is 2.05. The topological polar surface area (TPSA) is 61.7 Å². The molecule has 0 aromatic heterocycles. The summed E-state index contributed by atoms with van der Waals surface area (Å²) < 4.78 is 0.804. The van der Waals surface area contributed by atoms with E-state index in [2.05, 4.69) is 26.5 Å². The number of carbonyl (C=O) groups excluding carboxylic acids is 1. The molecule has 4 nitrogen and oxygen atoms in total. The summed E-state index contributed by atoms with van der Waals surface area (Å²) in [6, 6.07) is 11.5. The van der Waals surface area contributed by atoms with Crippen molar-refractivity contribution in [3.63, 3.8) is 0 Å². The van der Waals surface area contributed by atoms with Crippen molar-refractivity contribution in [2.24, 2.45) is 5.10 Å². The highest BCUT2D eigenvalue weighted by Crippen LogP contribution is 2.19. The van der Waals surface area contributed by atoms with Crippen LogP contribution in [-0.4, -0.2) is 17.2 Å². The molecule has 102 valence electrons. The summed E-state index contributed by atoms with van der Waals surface area (Å²) in [7, 11) is 0. The lowest BCUT2D eigenvalue weighted by Crippen LogP contribution is -2.17. The van der Waals surface area contributed by atoms with Crippen molar-refractivity contribution >= 4 is 39.7 Å². The van der Waals surface area contributed by atoms with Crippen LogP contribution in [0.2, 0.25) is 5.02 Å². The number of phenols is 1. The van der Waals surface area contributed by atoms with E-state index in [4.69, 9.17) is 11.6 Å². The number of hydrogen-bond acceptors (Lipinski definition) is 3. The highest BCUT2D eigenvalue weighted by atomic mass is 79.9. The Kier molecular flexibility index (Phi) is 4.76. The first-order chi connectivity index (χ1) is 9.56. The summed E-state index contributed by atoms with van der Waals surface area (Å²) in [6.45, 7) is 0. The van der Waals surface area contributed by atoms with E-state index in [1.54, 1.807) is 36.4 Å². The molecule has 0 bridgehead atoms. The average molecular weight is 354 g/mol. The van der Waals surface area contributed by atoms with Gasteiger partial charge in [-0.05, 0) is 36.4 Å². The van der Waals surface area contributed by atoms with Gasteiger partial charge < -0.3 is 5.11 Å². The number of halogens is 2. The molecule has 20 heavy (non-hydrogen) atoms. The van der Waals surface area contributed by atoms with E-state index in [1.165, 1.54) is 12.3 Å². The summed E-state index contributed by atoms with van der Waals surface area (Å²) in [5.41, 5.74) is 3.27. The Hall–Kier alpha value is -1.85. The molecule has 0 aliphatic rings. The van der Waals surface area contributed by atoms with Crippen molar-refractivity contribution < 1.29 is 9.90 Å². The molecule has 0 aliphatic carbocycles. The van der Waals surface area contributed by atoms with Crippen LogP contribution in [0.5, 0.6) is 5.75 Å². The molecular formula is C14H10BrClN2O2. The Morgan fingerprint density at radius 2 is 2.10 bits per heavy atom. The SMILES string of the molecule is O=C(N/N=C\c1cc(Br)ccc1O)c1cccc(Cl)c1. The molecule has 2 N–H and O–H groups in total. The van der Waals surface area contributed by atoms with E-state index in [1.807, 2.05) is 0 Å². The Labute approximate surface area is 129 Å². The van der Waals surface area contributed by atoms with E-state index in [0.29, 0.717) is 16.1 Å². The van der Waals surface area contributed by atoms with Gasteiger partial charge in [-0.15, -0.1) is 0 Å². The van der Waals surface area contributed by atoms with Crippen LogP contribution in [0, 0.1) is 0 Å². The third kappa shape index (κ3) is 3.82. The van der Waals surface area contributed by atoms with E-state index in [0.717, 1.165) is 4.47 Å². The van der Waals surface area contributed by atoms with Gasteiger partial charge in [0.1, 0.15) is 5.75 Å². The number of rotatable bonds is 3. The van der Waals surface area contributed by atoms with Gasteiger partial charge in [0.05, 0.1) is 6.21 Å². The highest BCUT2D eigenvalue weighted by Gasteiger charge is 2.04. The van der Waals surface area contributed by atoms with Crippen LogP contribution in [0.1, 0.15) is 15.9 Å². The van der Waals surface area contributed by atoms with Gasteiger partial charge in [-0.2, -0.15) is 5.10 Å². The van der Waals surface area contributed by atoms with E-state index >= 15 is 0 Å². The van der Waals surface area contributed by atoms with Gasteiger partial charge in [0.25, 0.3) is 5.91 Å². The Morgan fingerprint density at radius 1 is 1.30 bits per heavy atom. The van der Waals surface area contributed by atoms with Gasteiger partial charge in [-0.3, -0.25) is 4.79 Å². The zero-order valence-electron chi connectivity index (χ0n) is 10.2. The second kappa shape index (κ2) is 6.54. The summed E-state index contributed by atoms with van der Waals surface area (Å²) in [6.07, 6.45) is 1.36. The highest BCUT2D eigenvalue weighted by molar-refractivity contribution is 9.10. The van der Waals surface area contributed by atoms with Crippen molar-refractivity contribution in [2.45, 2.75) is 0 Å². The molecule has 2 aromatic rings. The standard InChI is InChI=1S/C14H10BrClN2O2/c15-11-4-5-13(19)10(6-11)8-17-18-14(20)9-2-1-3-12(16)7-9/h1-8,19H,(H,18,20)/b17-8-. The predicted molar refractivity (Wildman–Crippen MR) is 82.3 cm³/mol. The largest absolute Gasteiger partial charge is 0.507 e. The monoisotopic (exact) mass is 352 g/mol. The van der Waals surface area contributed by atoms with Crippen LogP contribution in [-0.2, 0) is 0 Å². The second-order valence-corrected chi connectivity index (χ2v) is 5.26. The molecule has 6 heteroatoms. The lowest BCUT2D eigenvalue weighted by molar-refractivity contribution is 0.0955. The number of nitrogens with zero attached hydrogens (tertiary/aromatic N) is 1. The maximum Gasteiger partial charge on any atom is 0.271 e. The third-order valence-corrected chi connectivity index (χ3v) is 3.17. The lowest BCUT2D eigenvalue weighted by Gasteiger charge is -2.01. The minimum absolute atomic E-state index is 0.0777. The molecule has 0 unspecified atom stereocenters. The third-order valence-electron chi connectivity index (χ3n) is 2.45. The molecule has 0 saturated heterocycles. The zero-order valence-corrected chi connectivity index (χ0v) is 12.5. The van der Waals surface area contributed by atoms with Crippen LogP contribution in [0.15, 0.2) is 52.0 Å². The van der Waals surface area contributed by atoms with Crippen LogP contribution in [0.4, 0.5) is 0 Å². The van der Waals surface area contributed by atoms with Crippen molar-refractivity contribution in [1.29, 1.82) is 0 Å². The van der Waals surface area contributed by atoms with Crippen molar-refractivity contribution in [2.75, 3.05) is 0 Å². The first-order valence-electron chi connectivity index (χ1n) is 5.64. The van der Waals surface area contributed by atoms with Crippen LogP contribution in [0.3, 0.4) is 0 Å². The van der Waals surface area contributed by atoms with Gasteiger partial charge in [-0.1, -0.05) is 33.6 Å². The molecule has 0 radical (unpaired) electrons. The maximum atomic E-state index is 11.8. The second-order valence-electron chi connectivity index (χ2n) is 3.91. The first kappa shape index (κ1) is 14.6. The number of hydrogen-bond donors (Lipinski definition) is 2. The van der Waals surface area contributed by atoms with E-state index in [9.17, 15) is 9.90 Å². The smallest absolute Gasteiger partial charge is 0.271 e. The maximum absolute atomic E-state index is 11.8. The number of nitrogens with one attached hydrogen (secondary N) is 1. The molecule has 1 amide bonds. The van der Waals surface area contributed by atoms with Gasteiger partial charge in [0.15, 0.2) is 0 Å². The van der Waals surface area contributed by atoms with E-state index in [-0.39, 0.29) is 11.7 Å². The minimum atomic E-state index is -0.377. The molecule has 0 heterocycles. The Bertz CT molecular complexity index is 674. The zero-order chi connectivity index (χ0) is 14.5. The number of benzene rings is 2. The first-order valence-corrected chi connectivity index (χ1v) is 6.81. The molecule has 0 saturated carbocycles. The Balaban J connectivity index is 2.06. The number of amides is 1. The molecule has 2 rings (SSSR count). The Morgan fingerprint density at radius 3 is 2.85 bits per heavy atom. The number of hydrazone groups is 1. The van der Waals surface area contributed by atoms with Gasteiger partial charge in [-0.25, -0.2) is 5.43 Å². The number of carbonyl (C=O) groups is 1. The van der Waals surface area contributed by atoms with E-state index < -0.39 is 0 Å². The minimum Gasteiger partial charge on any atom is -0.507 e. The quantitative estimate of drug-likeness (QED) is 0.654. The van der Waals surface area contributed by atoms with Gasteiger partial charge >= 0.3 is 0 Å². The number of phenolic OH excluding ortho intramolecular Hbond substituents is 1. The molecule has 0 aliphatic heterocycles. The van der Waals surface area contributed by atoms with Gasteiger partial charge in [0.2, 0.25) is 0 Å². The normalized spacial score (nSPS) is 10.7. The molecular weight excluding hydrogens is 344 g/mol. The fourth-order valence-electron chi connectivity index (χ4n) is 1.48. The summed E-state index contributed by atoms with van der Waals surface area (Å²) in [5, 5.41) is 13.9. The molecule has 0 atom stereocenters. The molecule has 0 fully saturated rings. The van der Waals surface area contributed by atoms with Crippen LogP contribution in [0.25, 0.3) is 0 Å². The average Bonchev–Trinajstić information content (AvgIpc) is 2.42. The predicted octanol–water partition coefficient (Wildman–Crippen LogP) is 3.57. The summed E-state index contributed by atoms with van der Waals surface area (Å²) in [4.78, 5) is 11.8. The summed E-state index contributed by atoms with van der Waals surface area (Å²) >= 11 is 9.09. The fraction of sp³-hybridized carbons (Fsp3) is 0. The molecule has 2 aromatic carbocycles. The van der Waals surface area contributed by atoms with Gasteiger partial charge in [0, 0.05) is 20.6 Å². The van der Waals surface area contributed by atoms with Crippen LogP contribution >= 0.6 is 27.5 Å². The number of aromatic hydroxyl groups is 1. The van der Waals surface area contributed by atoms with Crippen LogP contribution < -0.4 is 5.43 Å². The van der Waals surface area contributed by atoms with Crippen molar-refractivity contribution in [3.05, 3.63) is 63.1 Å². The van der Waals surface area contributed by atoms with Crippen molar-refractivity contribution in [3.8, 4) is 5.75 Å². The molecule has 0 spiro atoms. The lowest BCUT2D eigenvalue weighted by atomic mass is 10.2. The van der Waals surface area contributed by atoms with Crippen molar-refractivity contribution in [1.82, 2.24) is 5.43 Å². The summed E-state index contributed by atoms with van der Waals surface area (Å²) in [5.74, 6) is -0.299.